The Balaban J connectivity index is 0.00000364. The third kappa shape index (κ3) is 7.39. The SMILES string of the molecule is CN=C(NCCCc1cnn(C)c1)N(C)Cc1ccc(C(F)(F)F)cc1.I. The molecule has 1 N–H and O–H groups in total. The maximum atomic E-state index is 12.6. The van der Waals surface area contributed by atoms with Crippen molar-refractivity contribution >= 4 is 29.9 Å². The molecule has 0 bridgehead atoms. The van der Waals surface area contributed by atoms with Crippen LogP contribution in [0.25, 0.3) is 0 Å². The second-order valence-corrected chi connectivity index (χ2v) is 6.15. The number of guanidine groups is 1. The first-order chi connectivity index (χ1) is 12.3. The lowest BCUT2D eigenvalue weighted by Crippen LogP contribution is -2.39. The lowest BCUT2D eigenvalue weighted by molar-refractivity contribution is -0.137. The maximum absolute atomic E-state index is 12.6. The van der Waals surface area contributed by atoms with Crippen LogP contribution >= 0.6 is 24.0 Å². The number of rotatable bonds is 6. The number of benzene rings is 1. The summed E-state index contributed by atoms with van der Waals surface area (Å²) < 4.78 is 39.6. The molecule has 9 heteroatoms. The molecule has 0 amide bonds. The minimum atomic E-state index is -4.31. The van der Waals surface area contributed by atoms with Crippen molar-refractivity contribution in [3.8, 4) is 0 Å². The molecule has 0 spiro atoms. The van der Waals surface area contributed by atoms with Crippen molar-refractivity contribution in [3.05, 3.63) is 53.3 Å². The van der Waals surface area contributed by atoms with Gasteiger partial charge in [0.15, 0.2) is 5.96 Å². The number of alkyl halides is 3. The lowest BCUT2D eigenvalue weighted by atomic mass is 10.1. The van der Waals surface area contributed by atoms with E-state index in [0.29, 0.717) is 12.5 Å². The van der Waals surface area contributed by atoms with Crippen LogP contribution in [0, 0.1) is 0 Å². The summed E-state index contributed by atoms with van der Waals surface area (Å²) in [5.41, 5.74) is 1.34. The van der Waals surface area contributed by atoms with Crippen molar-refractivity contribution in [3.63, 3.8) is 0 Å². The highest BCUT2D eigenvalue weighted by Gasteiger charge is 2.29. The number of nitrogens with zero attached hydrogens (tertiary/aromatic N) is 4. The molecular weight excluding hydrogens is 470 g/mol. The summed E-state index contributed by atoms with van der Waals surface area (Å²) in [6.07, 6.45) is 1.38. The van der Waals surface area contributed by atoms with Crippen LogP contribution in [0.3, 0.4) is 0 Å². The first kappa shape index (κ1) is 23.3. The van der Waals surface area contributed by atoms with Crippen LogP contribution in [0.15, 0.2) is 41.7 Å². The summed E-state index contributed by atoms with van der Waals surface area (Å²) in [6, 6.07) is 5.20. The van der Waals surface area contributed by atoms with Crippen LogP contribution in [-0.4, -0.2) is 41.3 Å². The number of aliphatic imine (C=N–C) groups is 1. The molecule has 1 aromatic heterocycles. The van der Waals surface area contributed by atoms with E-state index >= 15 is 0 Å². The number of hydrogen-bond acceptors (Lipinski definition) is 2. The van der Waals surface area contributed by atoms with Gasteiger partial charge in [0.1, 0.15) is 0 Å². The zero-order valence-electron chi connectivity index (χ0n) is 15.6. The maximum Gasteiger partial charge on any atom is 0.416 e. The number of aryl methyl sites for hydroxylation is 2. The summed E-state index contributed by atoms with van der Waals surface area (Å²) in [4.78, 5) is 6.11. The van der Waals surface area contributed by atoms with Gasteiger partial charge in [-0.25, -0.2) is 0 Å². The van der Waals surface area contributed by atoms with Gasteiger partial charge in [-0.05, 0) is 36.1 Å². The van der Waals surface area contributed by atoms with Crippen LogP contribution in [-0.2, 0) is 26.2 Å². The van der Waals surface area contributed by atoms with Crippen LogP contribution < -0.4 is 5.32 Å². The zero-order valence-corrected chi connectivity index (χ0v) is 18.0. The average molecular weight is 495 g/mol. The van der Waals surface area contributed by atoms with Gasteiger partial charge in [-0.3, -0.25) is 9.67 Å². The van der Waals surface area contributed by atoms with Gasteiger partial charge < -0.3 is 10.2 Å². The van der Waals surface area contributed by atoms with Gasteiger partial charge in [0.2, 0.25) is 0 Å². The van der Waals surface area contributed by atoms with E-state index < -0.39 is 11.7 Å². The minimum absolute atomic E-state index is 0. The molecule has 2 aromatic rings. The monoisotopic (exact) mass is 495 g/mol. The van der Waals surface area contributed by atoms with Gasteiger partial charge in [0, 0.05) is 40.4 Å². The highest BCUT2D eigenvalue weighted by Crippen LogP contribution is 2.29. The number of halogens is 4. The molecule has 5 nitrogen and oxygen atoms in total. The molecule has 0 atom stereocenters. The molecule has 0 aliphatic heterocycles. The average Bonchev–Trinajstić information content (AvgIpc) is 3.00. The second kappa shape index (κ2) is 10.5. The summed E-state index contributed by atoms with van der Waals surface area (Å²) in [5.74, 6) is 0.705. The summed E-state index contributed by atoms with van der Waals surface area (Å²) in [6.45, 7) is 1.22. The predicted octanol–water partition coefficient (Wildman–Crippen LogP) is 3.70. The molecule has 0 unspecified atom stereocenters. The normalized spacial score (nSPS) is 11.9. The fourth-order valence-electron chi connectivity index (χ4n) is 2.63. The molecule has 1 aromatic carbocycles. The largest absolute Gasteiger partial charge is 0.416 e. The molecule has 0 radical (unpaired) electrons. The number of hydrogen-bond donors (Lipinski definition) is 1. The molecule has 0 fully saturated rings. The minimum Gasteiger partial charge on any atom is -0.356 e. The molecule has 0 aliphatic carbocycles. The van der Waals surface area contributed by atoms with E-state index in [2.05, 4.69) is 15.4 Å². The van der Waals surface area contributed by atoms with Gasteiger partial charge in [-0.15, -0.1) is 24.0 Å². The summed E-state index contributed by atoms with van der Waals surface area (Å²) in [5, 5.41) is 7.41. The Hall–Kier alpha value is -1.78. The Labute approximate surface area is 174 Å². The van der Waals surface area contributed by atoms with Crippen molar-refractivity contribution in [2.45, 2.75) is 25.6 Å². The van der Waals surface area contributed by atoms with Crippen LogP contribution in [0.2, 0.25) is 0 Å². The Kier molecular flexibility index (Phi) is 9.07. The highest BCUT2D eigenvalue weighted by molar-refractivity contribution is 14.0. The van der Waals surface area contributed by atoms with E-state index in [1.807, 2.05) is 31.4 Å². The van der Waals surface area contributed by atoms with Gasteiger partial charge in [-0.1, -0.05) is 12.1 Å². The molecule has 0 saturated heterocycles. The first-order valence-electron chi connectivity index (χ1n) is 8.35. The van der Waals surface area contributed by atoms with Crippen molar-refractivity contribution in [2.75, 3.05) is 20.6 Å². The molecule has 0 aliphatic rings. The number of aromatic nitrogens is 2. The van der Waals surface area contributed by atoms with E-state index in [0.717, 1.165) is 37.1 Å². The Morgan fingerprint density at radius 1 is 1.22 bits per heavy atom. The van der Waals surface area contributed by atoms with Gasteiger partial charge in [0.05, 0.1) is 11.8 Å². The quantitative estimate of drug-likeness (QED) is 0.288. The molecule has 0 saturated carbocycles. The lowest BCUT2D eigenvalue weighted by Gasteiger charge is -2.22. The van der Waals surface area contributed by atoms with E-state index in [-0.39, 0.29) is 24.0 Å². The second-order valence-electron chi connectivity index (χ2n) is 6.15. The van der Waals surface area contributed by atoms with Crippen LogP contribution in [0.4, 0.5) is 13.2 Å². The third-order valence-electron chi connectivity index (χ3n) is 3.96. The zero-order chi connectivity index (χ0) is 19.2. The van der Waals surface area contributed by atoms with E-state index in [1.165, 1.54) is 17.7 Å². The van der Waals surface area contributed by atoms with Crippen molar-refractivity contribution in [1.29, 1.82) is 0 Å². The summed E-state index contributed by atoms with van der Waals surface area (Å²) >= 11 is 0. The molecule has 27 heavy (non-hydrogen) atoms. The smallest absolute Gasteiger partial charge is 0.356 e. The molecule has 150 valence electrons. The predicted molar refractivity (Wildman–Crippen MR) is 111 cm³/mol. The molecule has 2 rings (SSSR count). The Morgan fingerprint density at radius 3 is 2.41 bits per heavy atom. The number of nitrogens with one attached hydrogen (secondary N) is 1. The van der Waals surface area contributed by atoms with Crippen LogP contribution in [0.5, 0.6) is 0 Å². The van der Waals surface area contributed by atoms with Gasteiger partial charge in [-0.2, -0.15) is 18.3 Å². The van der Waals surface area contributed by atoms with Crippen molar-refractivity contribution in [1.82, 2.24) is 20.0 Å². The topological polar surface area (TPSA) is 45.5 Å². The highest BCUT2D eigenvalue weighted by atomic mass is 127. The fourth-order valence-corrected chi connectivity index (χ4v) is 2.63. The van der Waals surface area contributed by atoms with Gasteiger partial charge in [0.25, 0.3) is 0 Å². The summed E-state index contributed by atoms with van der Waals surface area (Å²) in [7, 11) is 5.43. The van der Waals surface area contributed by atoms with E-state index in [4.69, 9.17) is 0 Å². The van der Waals surface area contributed by atoms with Crippen molar-refractivity contribution in [2.24, 2.45) is 12.0 Å². The standard InChI is InChI=1S/C18H24F3N5.HI/c1-22-17(23-10-4-5-15-11-24-26(3)13-15)25(2)12-14-6-8-16(9-7-14)18(19,20)21;/h6-9,11,13H,4-5,10,12H2,1-3H3,(H,22,23);1H. The molecular formula is C18H25F3IN5. The fraction of sp³-hybridized carbons (Fsp3) is 0.444. The molecule has 1 heterocycles. The van der Waals surface area contributed by atoms with E-state index in [9.17, 15) is 13.2 Å². The Morgan fingerprint density at radius 2 is 1.89 bits per heavy atom. The third-order valence-corrected chi connectivity index (χ3v) is 3.96. The van der Waals surface area contributed by atoms with Crippen molar-refractivity contribution < 1.29 is 13.2 Å². The first-order valence-corrected chi connectivity index (χ1v) is 8.35. The van der Waals surface area contributed by atoms with E-state index in [1.54, 1.807) is 11.7 Å². The Bertz CT molecular complexity index is 725. The van der Waals surface area contributed by atoms with Crippen LogP contribution in [0.1, 0.15) is 23.1 Å². The van der Waals surface area contributed by atoms with Gasteiger partial charge >= 0.3 is 6.18 Å².